The van der Waals surface area contributed by atoms with Gasteiger partial charge < -0.3 is 9.29 Å². The van der Waals surface area contributed by atoms with Crippen LogP contribution in [-0.4, -0.2) is 21.4 Å². The smallest absolute Gasteiger partial charge is 0.136 e. The van der Waals surface area contributed by atoms with Gasteiger partial charge in [-0.2, -0.15) is 0 Å². The predicted octanol–water partition coefficient (Wildman–Crippen LogP) is 4.24. The van der Waals surface area contributed by atoms with Crippen molar-refractivity contribution < 1.29 is 9.29 Å². The van der Waals surface area contributed by atoms with Crippen LogP contribution >= 0.6 is 11.3 Å². The van der Waals surface area contributed by atoms with Gasteiger partial charge in [0.25, 0.3) is 0 Å². The van der Waals surface area contributed by atoms with Gasteiger partial charge >= 0.3 is 0 Å². The van der Waals surface area contributed by atoms with E-state index in [1.807, 2.05) is 52.3 Å². The van der Waals surface area contributed by atoms with E-state index < -0.39 is 11.4 Å². The molecule has 1 N–H and O–H groups in total. The second kappa shape index (κ2) is 7.21. The number of nitrogens with zero attached hydrogens (tertiary/aromatic N) is 1. The Bertz CT molecular complexity index is 665. The van der Waals surface area contributed by atoms with Crippen molar-refractivity contribution in [2.24, 2.45) is 0 Å². The Labute approximate surface area is 145 Å². The van der Waals surface area contributed by atoms with Crippen LogP contribution in [0.2, 0.25) is 0 Å². The Kier molecular flexibility index (Phi) is 5.73. The fourth-order valence-corrected chi connectivity index (χ4v) is 3.79. The van der Waals surface area contributed by atoms with Crippen molar-refractivity contribution >= 4 is 22.7 Å². The summed E-state index contributed by atoms with van der Waals surface area (Å²) in [5, 5.41) is 0. The summed E-state index contributed by atoms with van der Waals surface area (Å²) in [5.41, 5.74) is 4.96. The molecule has 0 spiro atoms. The van der Waals surface area contributed by atoms with E-state index in [-0.39, 0.29) is 10.8 Å². The van der Waals surface area contributed by atoms with E-state index in [1.165, 1.54) is 0 Å². The Hall–Kier alpha value is -1.08. The molecule has 0 aliphatic carbocycles. The topological polar surface area (TPSA) is 57.2 Å². The molecule has 6 heteroatoms. The number of benzene rings is 1. The van der Waals surface area contributed by atoms with Gasteiger partial charge in [0.1, 0.15) is 10.5 Å². The van der Waals surface area contributed by atoms with Gasteiger partial charge in [-0.1, -0.05) is 12.1 Å². The Balaban J connectivity index is 2.28. The zero-order chi connectivity index (χ0) is 17.2. The second-order valence-electron chi connectivity index (χ2n) is 6.44. The summed E-state index contributed by atoms with van der Waals surface area (Å²) in [4.78, 5) is 5.44. The number of hydrogen-bond donors (Lipinski definition) is 1. The average molecular weight is 353 g/mol. The van der Waals surface area contributed by atoms with E-state index in [1.54, 1.807) is 18.4 Å². The largest absolute Gasteiger partial charge is 0.598 e. The van der Waals surface area contributed by atoms with Crippen molar-refractivity contribution in [1.29, 1.82) is 0 Å². The number of hydrogen-bond acceptors (Lipinski definition) is 5. The van der Waals surface area contributed by atoms with Crippen LogP contribution in [0.15, 0.2) is 23.7 Å². The van der Waals surface area contributed by atoms with E-state index in [4.69, 9.17) is 4.74 Å². The molecule has 1 aromatic heterocycles. The molecular formula is C17H24N2O2S2. The molecule has 2 rings (SSSR count). The highest BCUT2D eigenvalue weighted by Crippen LogP contribution is 2.34. The molecular weight excluding hydrogens is 328 g/mol. The molecule has 0 saturated heterocycles. The van der Waals surface area contributed by atoms with Gasteiger partial charge in [0.05, 0.1) is 29.2 Å². The van der Waals surface area contributed by atoms with Crippen LogP contribution in [0.25, 0.3) is 10.4 Å². The summed E-state index contributed by atoms with van der Waals surface area (Å²) in [6.45, 7) is 9.86. The molecule has 4 nitrogen and oxygen atoms in total. The summed E-state index contributed by atoms with van der Waals surface area (Å²) >= 11 is 0.489. The van der Waals surface area contributed by atoms with E-state index in [0.29, 0.717) is 0 Å². The molecule has 0 saturated carbocycles. The summed E-state index contributed by atoms with van der Waals surface area (Å²) in [6.07, 6.45) is 0. The summed E-state index contributed by atoms with van der Waals surface area (Å²) < 4.78 is 20.7. The number of ether oxygens (including phenoxy) is 1. The molecule has 23 heavy (non-hydrogen) atoms. The van der Waals surface area contributed by atoms with Crippen molar-refractivity contribution in [3.63, 3.8) is 0 Å². The Morgan fingerprint density at radius 2 is 2.04 bits per heavy atom. The van der Waals surface area contributed by atoms with Crippen molar-refractivity contribution in [3.05, 3.63) is 35.0 Å². The zero-order valence-electron chi connectivity index (χ0n) is 14.5. The lowest BCUT2D eigenvalue weighted by Gasteiger charge is -2.27. The Morgan fingerprint density at radius 3 is 2.57 bits per heavy atom. The van der Waals surface area contributed by atoms with Crippen LogP contribution in [0, 0.1) is 6.92 Å². The monoisotopic (exact) mass is 352 g/mol. The highest BCUT2D eigenvalue weighted by molar-refractivity contribution is 7.90. The van der Waals surface area contributed by atoms with Crippen LogP contribution in [0.1, 0.15) is 45.0 Å². The zero-order valence-corrected chi connectivity index (χ0v) is 16.1. The molecule has 2 aromatic rings. The maximum atomic E-state index is 12.3. The molecule has 1 aromatic carbocycles. The van der Waals surface area contributed by atoms with Crippen molar-refractivity contribution in [3.8, 4) is 16.2 Å². The van der Waals surface area contributed by atoms with E-state index >= 15 is 0 Å². The van der Waals surface area contributed by atoms with Crippen LogP contribution < -0.4 is 9.46 Å². The van der Waals surface area contributed by atoms with Gasteiger partial charge in [0.2, 0.25) is 0 Å². The molecule has 0 radical (unpaired) electrons. The molecule has 0 amide bonds. The van der Waals surface area contributed by atoms with Crippen LogP contribution in [0.4, 0.5) is 0 Å². The lowest BCUT2D eigenvalue weighted by atomic mass is 10.0. The second-order valence-corrected chi connectivity index (χ2v) is 9.30. The maximum Gasteiger partial charge on any atom is 0.136 e. The molecule has 126 valence electrons. The van der Waals surface area contributed by atoms with Crippen molar-refractivity contribution in [2.75, 3.05) is 7.11 Å². The fourth-order valence-electron chi connectivity index (χ4n) is 2.19. The standard InChI is InChI=1S/C17H24N2O2S2/c1-11(19-23(20)17(3,4)5)14-8-7-13(9-15(14)21-6)16-12(2)18-10-22-16/h7-11,19H,1-6H3/t11?,23-/m1/s1. The minimum Gasteiger partial charge on any atom is -0.598 e. The number of aromatic nitrogens is 1. The first-order valence-electron chi connectivity index (χ1n) is 7.50. The Morgan fingerprint density at radius 1 is 1.35 bits per heavy atom. The number of methoxy groups -OCH3 is 1. The summed E-state index contributed by atoms with van der Waals surface area (Å²) in [6, 6.07) is 6.05. The molecule has 1 unspecified atom stereocenters. The first kappa shape index (κ1) is 18.3. The number of rotatable bonds is 5. The van der Waals surface area contributed by atoms with E-state index in [0.717, 1.165) is 27.4 Å². The number of thiazole rings is 1. The molecule has 0 aliphatic heterocycles. The lowest BCUT2D eigenvalue weighted by molar-refractivity contribution is 0.405. The van der Waals surface area contributed by atoms with Gasteiger partial charge in [-0.25, -0.2) is 4.98 Å². The predicted molar refractivity (Wildman–Crippen MR) is 98.3 cm³/mol. The van der Waals surface area contributed by atoms with Gasteiger partial charge in [-0.05, 0) is 46.2 Å². The van der Waals surface area contributed by atoms with Crippen molar-refractivity contribution in [2.45, 2.75) is 45.4 Å². The lowest BCUT2D eigenvalue weighted by Crippen LogP contribution is -2.40. The average Bonchev–Trinajstić information content (AvgIpc) is 2.91. The first-order chi connectivity index (χ1) is 10.7. The van der Waals surface area contributed by atoms with E-state index in [9.17, 15) is 4.55 Å². The highest BCUT2D eigenvalue weighted by atomic mass is 32.2. The minimum absolute atomic E-state index is 0.0679. The molecule has 0 bridgehead atoms. The third kappa shape index (κ3) is 4.26. The third-order valence-corrected chi connectivity index (χ3v) is 6.21. The normalized spacial score (nSPS) is 14.6. The van der Waals surface area contributed by atoms with Gasteiger partial charge in [-0.15, -0.1) is 16.1 Å². The molecule has 2 atom stereocenters. The fraction of sp³-hybridized carbons (Fsp3) is 0.471. The summed E-state index contributed by atoms with van der Waals surface area (Å²) in [5.74, 6) is 0.793. The van der Waals surface area contributed by atoms with Crippen molar-refractivity contribution in [1.82, 2.24) is 9.71 Å². The van der Waals surface area contributed by atoms with Crippen LogP contribution in [0.5, 0.6) is 5.75 Å². The molecule has 0 fully saturated rings. The van der Waals surface area contributed by atoms with Gasteiger partial charge in [-0.3, -0.25) is 0 Å². The number of nitrogens with one attached hydrogen (secondary N) is 1. The quantitative estimate of drug-likeness (QED) is 0.818. The van der Waals surface area contributed by atoms with Crippen LogP contribution in [-0.2, 0) is 11.4 Å². The molecule has 1 heterocycles. The van der Waals surface area contributed by atoms with Gasteiger partial charge in [0, 0.05) is 16.9 Å². The molecule has 0 aliphatic rings. The summed E-state index contributed by atoms with van der Waals surface area (Å²) in [7, 11) is 1.66. The number of aryl methyl sites for hydroxylation is 1. The third-order valence-electron chi connectivity index (χ3n) is 3.55. The van der Waals surface area contributed by atoms with E-state index in [2.05, 4.69) is 15.8 Å². The maximum absolute atomic E-state index is 12.3. The van der Waals surface area contributed by atoms with Crippen LogP contribution in [0.3, 0.4) is 0 Å². The highest BCUT2D eigenvalue weighted by Gasteiger charge is 2.29. The first-order valence-corrected chi connectivity index (χ1v) is 9.53. The minimum atomic E-state index is -1.13. The SMILES string of the molecule is COc1cc(-c2scnc2C)ccc1C(C)N[S@+]([O-])C(C)(C)C. The van der Waals surface area contributed by atoms with Gasteiger partial charge in [0.15, 0.2) is 0 Å².